The maximum atomic E-state index is 11.1. The number of benzene rings is 1. The Morgan fingerprint density at radius 2 is 2.16 bits per heavy atom. The normalized spacial score (nSPS) is 10.5. The minimum Gasteiger partial charge on any atom is -0.493 e. The SMILES string of the molecule is COc1cc(/C=N/Nc2ccc([N+](=O)[O-])cn2)c(Br)cc1OC(C)=O. The lowest BCUT2D eigenvalue weighted by atomic mass is 10.2. The second kappa shape index (κ2) is 8.20. The average Bonchev–Trinajstić information content (AvgIpc) is 2.56. The van der Waals surface area contributed by atoms with Crippen LogP contribution in [-0.4, -0.2) is 29.2 Å². The summed E-state index contributed by atoms with van der Waals surface area (Å²) in [5.74, 6) is 0.538. The standard InChI is InChI=1S/C15H13BrN4O5/c1-9(21)25-14-6-12(16)10(5-13(14)24-2)7-18-19-15-4-3-11(8-17-15)20(22)23/h3-8H,1-2H3,(H,17,19)/b18-7+. The highest BCUT2D eigenvalue weighted by molar-refractivity contribution is 9.10. The van der Waals surface area contributed by atoms with E-state index in [4.69, 9.17) is 9.47 Å². The fourth-order valence-corrected chi connectivity index (χ4v) is 2.20. The van der Waals surface area contributed by atoms with E-state index in [1.165, 1.54) is 32.4 Å². The molecular weight excluding hydrogens is 396 g/mol. The number of ether oxygens (including phenoxy) is 2. The van der Waals surface area contributed by atoms with Crippen molar-refractivity contribution >= 4 is 39.6 Å². The topological polar surface area (TPSA) is 116 Å². The number of nitro groups is 1. The molecule has 0 atom stereocenters. The van der Waals surface area contributed by atoms with Crippen LogP contribution in [0.15, 0.2) is 40.0 Å². The van der Waals surface area contributed by atoms with Crippen LogP contribution in [0.1, 0.15) is 12.5 Å². The maximum absolute atomic E-state index is 11.1. The van der Waals surface area contributed by atoms with Gasteiger partial charge in [-0.2, -0.15) is 5.10 Å². The van der Waals surface area contributed by atoms with E-state index in [9.17, 15) is 14.9 Å². The van der Waals surface area contributed by atoms with Gasteiger partial charge in [-0.1, -0.05) is 0 Å². The van der Waals surface area contributed by atoms with E-state index >= 15 is 0 Å². The highest BCUT2D eigenvalue weighted by Gasteiger charge is 2.11. The summed E-state index contributed by atoms with van der Waals surface area (Å²) in [7, 11) is 1.45. The van der Waals surface area contributed by atoms with E-state index in [0.29, 0.717) is 21.6 Å². The first-order valence-electron chi connectivity index (χ1n) is 6.86. The lowest BCUT2D eigenvalue weighted by Gasteiger charge is -2.10. The van der Waals surface area contributed by atoms with Gasteiger partial charge in [-0.25, -0.2) is 4.98 Å². The zero-order valence-electron chi connectivity index (χ0n) is 13.2. The molecule has 0 spiro atoms. The van der Waals surface area contributed by atoms with E-state index in [1.807, 2.05) is 0 Å². The molecular formula is C15H13BrN4O5. The van der Waals surface area contributed by atoms with Crippen molar-refractivity contribution in [3.8, 4) is 11.5 Å². The van der Waals surface area contributed by atoms with Gasteiger partial charge >= 0.3 is 5.97 Å². The van der Waals surface area contributed by atoms with Crippen molar-refractivity contribution in [1.82, 2.24) is 4.98 Å². The molecule has 1 N–H and O–H groups in total. The molecule has 1 aromatic heterocycles. The lowest BCUT2D eigenvalue weighted by Crippen LogP contribution is -2.04. The summed E-state index contributed by atoms with van der Waals surface area (Å²) in [6.07, 6.45) is 2.62. The molecule has 1 aromatic carbocycles. The van der Waals surface area contributed by atoms with Crippen LogP contribution in [0.25, 0.3) is 0 Å². The molecule has 0 bridgehead atoms. The van der Waals surface area contributed by atoms with Crippen molar-refractivity contribution in [3.63, 3.8) is 0 Å². The summed E-state index contributed by atoms with van der Waals surface area (Å²) in [5.41, 5.74) is 3.21. The number of anilines is 1. The number of hydrogen-bond donors (Lipinski definition) is 1. The van der Waals surface area contributed by atoms with E-state index in [-0.39, 0.29) is 11.4 Å². The summed E-state index contributed by atoms with van der Waals surface area (Å²) >= 11 is 3.36. The van der Waals surface area contributed by atoms with Crippen molar-refractivity contribution in [2.75, 3.05) is 12.5 Å². The Balaban J connectivity index is 2.14. The van der Waals surface area contributed by atoms with E-state index < -0.39 is 10.9 Å². The van der Waals surface area contributed by atoms with Crippen LogP contribution in [0.5, 0.6) is 11.5 Å². The number of hydrogen-bond acceptors (Lipinski definition) is 8. The van der Waals surface area contributed by atoms with Gasteiger partial charge in [0.15, 0.2) is 11.5 Å². The molecule has 9 nitrogen and oxygen atoms in total. The summed E-state index contributed by atoms with van der Waals surface area (Å²) in [6.45, 7) is 1.30. The number of aromatic nitrogens is 1. The Hall–Kier alpha value is -3.01. The number of nitrogens with one attached hydrogen (secondary N) is 1. The molecule has 130 valence electrons. The van der Waals surface area contributed by atoms with Crippen molar-refractivity contribution in [1.29, 1.82) is 0 Å². The van der Waals surface area contributed by atoms with Gasteiger partial charge in [0.25, 0.3) is 5.69 Å². The van der Waals surface area contributed by atoms with Crippen LogP contribution in [0.2, 0.25) is 0 Å². The van der Waals surface area contributed by atoms with E-state index in [1.54, 1.807) is 12.1 Å². The Morgan fingerprint density at radius 1 is 1.40 bits per heavy atom. The van der Waals surface area contributed by atoms with Gasteiger partial charge in [-0.05, 0) is 34.1 Å². The van der Waals surface area contributed by atoms with Gasteiger partial charge in [-0.15, -0.1) is 0 Å². The third-order valence-electron chi connectivity index (χ3n) is 2.88. The molecule has 0 fully saturated rings. The zero-order valence-corrected chi connectivity index (χ0v) is 14.8. The minimum atomic E-state index is -0.534. The second-order valence-corrected chi connectivity index (χ2v) is 5.50. The maximum Gasteiger partial charge on any atom is 0.308 e. The predicted octanol–water partition coefficient (Wildman–Crippen LogP) is 3.13. The first-order valence-corrected chi connectivity index (χ1v) is 7.65. The number of halogens is 1. The average molecular weight is 409 g/mol. The molecule has 0 aliphatic rings. The highest BCUT2D eigenvalue weighted by atomic mass is 79.9. The predicted molar refractivity (Wildman–Crippen MR) is 94.1 cm³/mol. The summed E-state index contributed by atoms with van der Waals surface area (Å²) < 4.78 is 10.9. The first-order chi connectivity index (χ1) is 11.9. The fourth-order valence-electron chi connectivity index (χ4n) is 1.77. The van der Waals surface area contributed by atoms with E-state index in [2.05, 4.69) is 31.4 Å². The Labute approximate surface area is 150 Å². The molecule has 10 heteroatoms. The first kappa shape index (κ1) is 18.3. The second-order valence-electron chi connectivity index (χ2n) is 4.65. The quantitative estimate of drug-likeness (QED) is 0.256. The largest absolute Gasteiger partial charge is 0.493 e. The molecule has 0 saturated heterocycles. The zero-order chi connectivity index (χ0) is 18.4. The van der Waals surface area contributed by atoms with Crippen LogP contribution in [0, 0.1) is 10.1 Å². The third-order valence-corrected chi connectivity index (χ3v) is 3.56. The number of hydrazone groups is 1. The van der Waals surface area contributed by atoms with Crippen LogP contribution < -0.4 is 14.9 Å². The number of pyridine rings is 1. The van der Waals surface area contributed by atoms with Gasteiger partial charge in [0.2, 0.25) is 0 Å². The van der Waals surface area contributed by atoms with Gasteiger partial charge in [0.1, 0.15) is 12.0 Å². The molecule has 0 aliphatic heterocycles. The number of rotatable bonds is 6. The lowest BCUT2D eigenvalue weighted by molar-refractivity contribution is -0.385. The molecule has 0 amide bonds. The fraction of sp³-hybridized carbons (Fsp3) is 0.133. The summed E-state index contributed by atoms with van der Waals surface area (Å²) in [4.78, 5) is 25.0. The smallest absolute Gasteiger partial charge is 0.308 e. The molecule has 0 saturated carbocycles. The van der Waals surface area contributed by atoms with Gasteiger partial charge in [-0.3, -0.25) is 20.3 Å². The number of carbonyl (C=O) groups excluding carboxylic acids is 1. The number of carbonyl (C=O) groups is 1. The van der Waals surface area contributed by atoms with Crippen LogP contribution in [0.3, 0.4) is 0 Å². The molecule has 0 unspecified atom stereocenters. The van der Waals surface area contributed by atoms with Crippen molar-refractivity contribution < 1.29 is 19.2 Å². The van der Waals surface area contributed by atoms with Crippen molar-refractivity contribution in [2.24, 2.45) is 5.10 Å². The van der Waals surface area contributed by atoms with Gasteiger partial charge in [0, 0.05) is 23.0 Å². The molecule has 2 aromatic rings. The van der Waals surface area contributed by atoms with Gasteiger partial charge < -0.3 is 9.47 Å². The molecule has 0 aliphatic carbocycles. The molecule has 0 radical (unpaired) electrons. The Morgan fingerprint density at radius 3 is 2.72 bits per heavy atom. The van der Waals surface area contributed by atoms with Crippen molar-refractivity contribution in [2.45, 2.75) is 6.92 Å². The van der Waals surface area contributed by atoms with Crippen LogP contribution in [-0.2, 0) is 4.79 Å². The monoisotopic (exact) mass is 408 g/mol. The summed E-state index contributed by atoms with van der Waals surface area (Å²) in [5, 5.41) is 14.6. The Kier molecular flexibility index (Phi) is 6.01. The number of nitrogens with zero attached hydrogens (tertiary/aromatic N) is 3. The van der Waals surface area contributed by atoms with E-state index in [0.717, 1.165) is 6.20 Å². The third kappa shape index (κ3) is 4.98. The number of esters is 1. The molecule has 25 heavy (non-hydrogen) atoms. The van der Waals surface area contributed by atoms with Crippen molar-refractivity contribution in [3.05, 3.63) is 50.6 Å². The van der Waals surface area contributed by atoms with Crippen LogP contribution >= 0.6 is 15.9 Å². The molecule has 1 heterocycles. The highest BCUT2D eigenvalue weighted by Crippen LogP contribution is 2.33. The van der Waals surface area contributed by atoms with Crippen LogP contribution in [0.4, 0.5) is 11.5 Å². The minimum absolute atomic E-state index is 0.108. The number of methoxy groups -OCH3 is 1. The van der Waals surface area contributed by atoms with Gasteiger partial charge in [0.05, 0.1) is 18.2 Å². The molecule has 2 rings (SSSR count). The summed E-state index contributed by atoms with van der Waals surface area (Å²) in [6, 6.07) is 5.98. The Bertz CT molecular complexity index is 823.